The highest BCUT2D eigenvalue weighted by Crippen LogP contribution is 2.58. The number of nitrogens with zero attached hydrogens (tertiary/aromatic N) is 2. The quantitative estimate of drug-likeness (QED) is 0.0394. The highest BCUT2D eigenvalue weighted by molar-refractivity contribution is 6.17. The van der Waals surface area contributed by atoms with Crippen LogP contribution in [0.25, 0.3) is 89.6 Å². The first-order valence-corrected chi connectivity index (χ1v) is 32.9. The van der Waals surface area contributed by atoms with E-state index in [0.717, 1.165) is 81.3 Å². The lowest BCUT2D eigenvalue weighted by molar-refractivity contribution is 0.398. The standard InChI is InChI=1S/C78H92N2O2/c1-5-9-13-17-21-35-51-77(52-36-22-18-14-10-6-2)65-45-33-31-43-61(65)63-49-47-59(55-67(63)77)69-71-74(82-75(79-71)57-39-27-25-28-40-57)70(72-73(69)81-76(80-72)58-41-29-26-30-42-58)60-48-50-64-62-44-32-34-46-66(62)78(68(64)56-60,53-37-23-19-15-11-7-3)54-38-24-20-16-12-8-4/h25-34,39-50,55-56H,5-24,35-38,51-54H2,1-4H3. The molecule has 82 heavy (non-hydrogen) atoms. The van der Waals surface area contributed by atoms with Crippen molar-refractivity contribution in [1.82, 2.24) is 9.97 Å². The van der Waals surface area contributed by atoms with E-state index in [1.54, 1.807) is 0 Å². The molecule has 0 saturated carbocycles. The molecule has 0 fully saturated rings. The van der Waals surface area contributed by atoms with E-state index in [0.29, 0.717) is 11.8 Å². The van der Waals surface area contributed by atoms with Gasteiger partial charge >= 0.3 is 0 Å². The molecule has 0 atom stereocenters. The lowest BCUT2D eigenvalue weighted by Gasteiger charge is -2.33. The van der Waals surface area contributed by atoms with Gasteiger partial charge in [-0.1, -0.05) is 291 Å². The van der Waals surface area contributed by atoms with E-state index in [9.17, 15) is 0 Å². The molecule has 0 spiro atoms. The average Bonchev–Trinajstić information content (AvgIpc) is 3.92. The Kier molecular flexibility index (Phi) is 19.0. The molecule has 4 nitrogen and oxygen atoms in total. The second-order valence-corrected chi connectivity index (χ2v) is 24.7. The van der Waals surface area contributed by atoms with Crippen LogP contribution in [0.4, 0.5) is 0 Å². The van der Waals surface area contributed by atoms with Crippen molar-refractivity contribution in [3.05, 3.63) is 168 Å². The average molecular weight is 1090 g/mol. The fourth-order valence-electron chi connectivity index (χ4n) is 14.9. The predicted molar refractivity (Wildman–Crippen MR) is 348 cm³/mol. The van der Waals surface area contributed by atoms with Gasteiger partial charge in [0.25, 0.3) is 0 Å². The molecule has 0 aliphatic heterocycles. The summed E-state index contributed by atoms with van der Waals surface area (Å²) in [5, 5.41) is 0. The molecule has 2 aliphatic carbocycles. The highest BCUT2D eigenvalue weighted by Gasteiger charge is 2.44. The van der Waals surface area contributed by atoms with Crippen molar-refractivity contribution < 1.29 is 8.83 Å². The zero-order valence-electron chi connectivity index (χ0n) is 50.4. The molecule has 0 bridgehead atoms. The largest absolute Gasteiger partial charge is 0.435 e. The van der Waals surface area contributed by atoms with Crippen LogP contribution in [0.15, 0.2) is 154 Å². The maximum Gasteiger partial charge on any atom is 0.227 e. The van der Waals surface area contributed by atoms with Crippen LogP contribution in [0.2, 0.25) is 0 Å². The summed E-state index contributed by atoms with van der Waals surface area (Å²) in [6.45, 7) is 9.29. The Balaban J connectivity index is 1.11. The van der Waals surface area contributed by atoms with Gasteiger partial charge in [-0.2, -0.15) is 0 Å². The first kappa shape index (κ1) is 57.3. The smallest absolute Gasteiger partial charge is 0.227 e. The molecular formula is C78H92N2O2. The summed E-state index contributed by atoms with van der Waals surface area (Å²) in [6, 6.07) is 54.4. The number of unbranched alkanes of at least 4 members (excludes halogenated alkanes) is 20. The number of benzene rings is 7. The van der Waals surface area contributed by atoms with E-state index >= 15 is 0 Å². The molecule has 4 heteroatoms. The first-order valence-electron chi connectivity index (χ1n) is 32.9. The topological polar surface area (TPSA) is 52.1 Å². The first-order chi connectivity index (χ1) is 40.5. The summed E-state index contributed by atoms with van der Waals surface area (Å²) in [5.74, 6) is 1.22. The summed E-state index contributed by atoms with van der Waals surface area (Å²) in [4.78, 5) is 11.3. The normalized spacial score (nSPS) is 13.7. The van der Waals surface area contributed by atoms with Gasteiger partial charge in [-0.25, -0.2) is 9.97 Å². The number of oxazole rings is 2. The van der Waals surface area contributed by atoms with Crippen LogP contribution in [0.3, 0.4) is 0 Å². The third-order valence-electron chi connectivity index (χ3n) is 19.2. The van der Waals surface area contributed by atoms with Crippen LogP contribution in [-0.4, -0.2) is 9.97 Å². The van der Waals surface area contributed by atoms with Gasteiger partial charge in [0, 0.05) is 22.0 Å². The molecule has 0 radical (unpaired) electrons. The van der Waals surface area contributed by atoms with Gasteiger partial charge in [-0.15, -0.1) is 0 Å². The molecule has 0 amide bonds. The Labute approximate surface area is 492 Å². The van der Waals surface area contributed by atoms with E-state index in [2.05, 4.69) is 173 Å². The summed E-state index contributed by atoms with van der Waals surface area (Å²) >= 11 is 0. The summed E-state index contributed by atoms with van der Waals surface area (Å²) in [6.07, 6.45) is 35.4. The monoisotopic (exact) mass is 1090 g/mol. The summed E-state index contributed by atoms with van der Waals surface area (Å²) in [7, 11) is 0. The van der Waals surface area contributed by atoms with E-state index in [1.165, 1.54) is 199 Å². The molecule has 11 rings (SSSR count). The van der Waals surface area contributed by atoms with Crippen molar-refractivity contribution in [2.24, 2.45) is 0 Å². The van der Waals surface area contributed by atoms with Crippen LogP contribution in [0.1, 0.15) is 230 Å². The van der Waals surface area contributed by atoms with Crippen molar-refractivity contribution in [2.45, 2.75) is 218 Å². The third kappa shape index (κ3) is 11.7. The minimum atomic E-state index is -0.0925. The molecule has 0 saturated heterocycles. The maximum absolute atomic E-state index is 7.36. The van der Waals surface area contributed by atoms with Gasteiger partial charge in [0.2, 0.25) is 11.8 Å². The molecule has 9 aromatic rings. The third-order valence-corrected chi connectivity index (χ3v) is 19.2. The van der Waals surface area contributed by atoms with Crippen molar-refractivity contribution in [3.8, 4) is 67.4 Å². The fourth-order valence-corrected chi connectivity index (χ4v) is 14.9. The lowest BCUT2D eigenvalue weighted by Crippen LogP contribution is -2.25. The second-order valence-electron chi connectivity index (χ2n) is 24.7. The Morgan fingerprint density at radius 2 is 0.598 bits per heavy atom. The molecule has 0 N–H and O–H groups in total. The van der Waals surface area contributed by atoms with Crippen LogP contribution in [0, 0.1) is 0 Å². The van der Waals surface area contributed by atoms with Crippen LogP contribution in [0.5, 0.6) is 0 Å². The van der Waals surface area contributed by atoms with Gasteiger partial charge in [0.1, 0.15) is 11.0 Å². The Bertz CT molecular complexity index is 3190. The predicted octanol–water partition coefficient (Wildman–Crippen LogP) is 24.2. The molecule has 2 heterocycles. The lowest BCUT2D eigenvalue weighted by atomic mass is 9.70. The second kappa shape index (κ2) is 27.3. The Morgan fingerprint density at radius 3 is 0.951 bits per heavy atom. The van der Waals surface area contributed by atoms with E-state index in [-0.39, 0.29) is 10.8 Å². The molecule has 7 aromatic carbocycles. The van der Waals surface area contributed by atoms with E-state index in [1.807, 2.05) is 0 Å². The number of hydrogen-bond donors (Lipinski definition) is 0. The number of rotatable bonds is 32. The van der Waals surface area contributed by atoms with Crippen molar-refractivity contribution in [3.63, 3.8) is 0 Å². The Morgan fingerprint density at radius 1 is 0.293 bits per heavy atom. The fraction of sp³-hybridized carbons (Fsp3) is 0.436. The van der Waals surface area contributed by atoms with Gasteiger partial charge < -0.3 is 8.83 Å². The minimum absolute atomic E-state index is 0.0925. The van der Waals surface area contributed by atoms with Crippen molar-refractivity contribution >= 4 is 22.2 Å². The van der Waals surface area contributed by atoms with Gasteiger partial charge in [-0.3, -0.25) is 0 Å². The van der Waals surface area contributed by atoms with E-state index in [4.69, 9.17) is 18.8 Å². The molecule has 2 aliphatic rings. The number of fused-ring (bicyclic) bond motifs is 8. The van der Waals surface area contributed by atoms with E-state index < -0.39 is 0 Å². The minimum Gasteiger partial charge on any atom is -0.435 e. The van der Waals surface area contributed by atoms with Crippen LogP contribution in [-0.2, 0) is 10.8 Å². The van der Waals surface area contributed by atoms with Crippen molar-refractivity contribution in [2.75, 3.05) is 0 Å². The molecule has 2 aromatic heterocycles. The zero-order valence-corrected chi connectivity index (χ0v) is 50.4. The van der Waals surface area contributed by atoms with Crippen molar-refractivity contribution in [1.29, 1.82) is 0 Å². The SMILES string of the molecule is CCCCCCCCC1(CCCCCCCC)c2ccccc2-c2ccc(-c3c4nc(-c5ccccc5)oc4c(-c4ccc5c(c4)C(CCCCCCCC)(CCCCCCCC)c4ccccc4-5)c4nc(-c5ccccc5)oc34)cc21. The van der Waals surface area contributed by atoms with Gasteiger partial charge in [-0.05, 0) is 118 Å². The van der Waals surface area contributed by atoms with Crippen LogP contribution < -0.4 is 0 Å². The van der Waals surface area contributed by atoms with Crippen LogP contribution >= 0.6 is 0 Å². The maximum atomic E-state index is 7.36. The van der Waals surface area contributed by atoms with Gasteiger partial charge in [0.15, 0.2) is 11.2 Å². The zero-order chi connectivity index (χ0) is 56.1. The highest BCUT2D eigenvalue weighted by atomic mass is 16.4. The molecule has 426 valence electrons. The summed E-state index contributed by atoms with van der Waals surface area (Å²) < 4.78 is 14.7. The molecular weight excluding hydrogens is 997 g/mol. The van der Waals surface area contributed by atoms with Gasteiger partial charge in [0.05, 0.1) is 11.1 Å². The number of aromatic nitrogens is 2. The number of hydrogen-bond acceptors (Lipinski definition) is 4. The molecule has 0 unspecified atom stereocenters. The summed E-state index contributed by atoms with van der Waals surface area (Å²) in [5.41, 5.74) is 20.5. The Hall–Kier alpha value is -6.52.